The molecule has 0 spiro atoms. The number of anilines is 1. The quantitative estimate of drug-likeness (QED) is 0.388. The third-order valence-corrected chi connectivity index (χ3v) is 6.58. The second-order valence-corrected chi connectivity index (χ2v) is 9.15. The SMILES string of the molecule is Clc1ccc(C2CN(Sc3cccc(Cl)c3)CCN2c2ccc(Cl)cc2)cc1. The second kappa shape index (κ2) is 8.98. The molecule has 1 saturated heterocycles. The van der Waals surface area contributed by atoms with Crippen molar-refractivity contribution in [3.8, 4) is 0 Å². The molecule has 0 amide bonds. The average molecular weight is 450 g/mol. The Balaban J connectivity index is 1.59. The summed E-state index contributed by atoms with van der Waals surface area (Å²) in [6, 6.07) is 24.4. The van der Waals surface area contributed by atoms with E-state index < -0.39 is 0 Å². The Labute approximate surface area is 185 Å². The van der Waals surface area contributed by atoms with E-state index in [1.54, 1.807) is 11.9 Å². The first-order chi connectivity index (χ1) is 13.6. The van der Waals surface area contributed by atoms with Gasteiger partial charge >= 0.3 is 0 Å². The lowest BCUT2D eigenvalue weighted by Crippen LogP contribution is -2.46. The van der Waals surface area contributed by atoms with Crippen molar-refractivity contribution < 1.29 is 0 Å². The lowest BCUT2D eigenvalue weighted by atomic mass is 10.0. The van der Waals surface area contributed by atoms with Crippen LogP contribution < -0.4 is 4.90 Å². The minimum Gasteiger partial charge on any atom is -0.362 e. The molecule has 1 aliphatic heterocycles. The summed E-state index contributed by atoms with van der Waals surface area (Å²) >= 11 is 20.1. The molecule has 1 heterocycles. The fraction of sp³-hybridized carbons (Fsp3) is 0.182. The van der Waals surface area contributed by atoms with Crippen molar-refractivity contribution in [1.82, 2.24) is 4.31 Å². The monoisotopic (exact) mass is 448 g/mol. The van der Waals surface area contributed by atoms with E-state index in [1.165, 1.54) is 11.3 Å². The summed E-state index contributed by atoms with van der Waals surface area (Å²) in [5.74, 6) is 0. The maximum atomic E-state index is 6.15. The van der Waals surface area contributed by atoms with Gasteiger partial charge in [-0.3, -0.25) is 0 Å². The van der Waals surface area contributed by atoms with Gasteiger partial charge in [0.1, 0.15) is 0 Å². The lowest BCUT2D eigenvalue weighted by Gasteiger charge is -2.42. The van der Waals surface area contributed by atoms with Crippen LogP contribution in [0.3, 0.4) is 0 Å². The summed E-state index contributed by atoms with van der Waals surface area (Å²) in [5, 5.41) is 2.27. The van der Waals surface area contributed by atoms with Crippen molar-refractivity contribution in [3.05, 3.63) is 93.4 Å². The van der Waals surface area contributed by atoms with Gasteiger partial charge in [-0.25, -0.2) is 4.31 Å². The number of hydrogen-bond acceptors (Lipinski definition) is 3. The van der Waals surface area contributed by atoms with Gasteiger partial charge < -0.3 is 4.90 Å². The first-order valence-electron chi connectivity index (χ1n) is 9.05. The standard InChI is InChI=1S/C22H19Cl3N2S/c23-17-6-4-16(5-7-17)22-15-26(28-21-3-1-2-19(25)14-21)12-13-27(22)20-10-8-18(24)9-11-20/h1-11,14,22H,12-13,15H2. The molecule has 0 N–H and O–H groups in total. The van der Waals surface area contributed by atoms with Crippen molar-refractivity contribution in [2.24, 2.45) is 0 Å². The number of benzene rings is 3. The molecule has 2 nitrogen and oxygen atoms in total. The average Bonchev–Trinajstić information content (AvgIpc) is 2.69. The minimum atomic E-state index is 0.221. The van der Waals surface area contributed by atoms with Crippen LogP contribution in [0.5, 0.6) is 0 Å². The van der Waals surface area contributed by atoms with Crippen LogP contribution in [-0.2, 0) is 0 Å². The molecule has 4 rings (SSSR count). The molecule has 144 valence electrons. The van der Waals surface area contributed by atoms with Crippen LogP contribution in [0.2, 0.25) is 15.1 Å². The Kier molecular flexibility index (Phi) is 6.39. The smallest absolute Gasteiger partial charge is 0.0679 e. The van der Waals surface area contributed by atoms with E-state index in [0.29, 0.717) is 0 Å². The van der Waals surface area contributed by atoms with Crippen molar-refractivity contribution in [3.63, 3.8) is 0 Å². The molecule has 0 bridgehead atoms. The molecule has 3 aromatic carbocycles. The molecule has 0 radical (unpaired) electrons. The Morgan fingerprint density at radius 2 is 1.43 bits per heavy atom. The minimum absolute atomic E-state index is 0.221. The highest BCUT2D eigenvalue weighted by Crippen LogP contribution is 2.36. The topological polar surface area (TPSA) is 6.48 Å². The van der Waals surface area contributed by atoms with Crippen LogP contribution in [0.4, 0.5) is 5.69 Å². The van der Waals surface area contributed by atoms with Gasteiger partial charge in [0.05, 0.1) is 6.04 Å². The van der Waals surface area contributed by atoms with E-state index in [2.05, 4.69) is 39.5 Å². The van der Waals surface area contributed by atoms with Crippen molar-refractivity contribution in [2.45, 2.75) is 10.9 Å². The van der Waals surface area contributed by atoms with Crippen molar-refractivity contribution in [2.75, 3.05) is 24.5 Å². The Morgan fingerprint density at radius 1 is 0.750 bits per heavy atom. The molecule has 0 aromatic heterocycles. The van der Waals surface area contributed by atoms with Gasteiger partial charge in [-0.1, -0.05) is 53.0 Å². The number of rotatable bonds is 4. The fourth-order valence-electron chi connectivity index (χ4n) is 3.43. The van der Waals surface area contributed by atoms with Crippen LogP contribution in [0.1, 0.15) is 11.6 Å². The van der Waals surface area contributed by atoms with Crippen LogP contribution in [0, 0.1) is 0 Å². The van der Waals surface area contributed by atoms with E-state index in [9.17, 15) is 0 Å². The Hall–Kier alpha value is -1.36. The van der Waals surface area contributed by atoms with Gasteiger partial charge in [-0.05, 0) is 72.1 Å². The van der Waals surface area contributed by atoms with Crippen molar-refractivity contribution >= 4 is 52.4 Å². The van der Waals surface area contributed by atoms with Crippen molar-refractivity contribution in [1.29, 1.82) is 0 Å². The van der Waals surface area contributed by atoms with E-state index >= 15 is 0 Å². The molecule has 3 aromatic rings. The highest BCUT2D eigenvalue weighted by molar-refractivity contribution is 7.97. The molecule has 6 heteroatoms. The zero-order valence-corrected chi connectivity index (χ0v) is 18.1. The Bertz CT molecular complexity index is 931. The summed E-state index contributed by atoms with van der Waals surface area (Å²) in [7, 11) is 0. The second-order valence-electron chi connectivity index (χ2n) is 6.67. The fourth-order valence-corrected chi connectivity index (χ4v) is 4.94. The molecule has 1 unspecified atom stereocenters. The summed E-state index contributed by atoms with van der Waals surface area (Å²) in [5.41, 5.74) is 2.42. The Morgan fingerprint density at radius 3 is 2.11 bits per heavy atom. The molecule has 1 aliphatic rings. The molecular formula is C22H19Cl3N2S. The summed E-state index contributed by atoms with van der Waals surface area (Å²) in [6.07, 6.45) is 0. The molecule has 28 heavy (non-hydrogen) atoms. The third-order valence-electron chi connectivity index (χ3n) is 4.79. The van der Waals surface area contributed by atoms with E-state index in [-0.39, 0.29) is 6.04 Å². The van der Waals surface area contributed by atoms with Gasteiger partial charge in [0.2, 0.25) is 0 Å². The molecule has 1 fully saturated rings. The number of nitrogens with zero attached hydrogens (tertiary/aromatic N) is 2. The summed E-state index contributed by atoms with van der Waals surface area (Å²) < 4.78 is 2.40. The van der Waals surface area contributed by atoms with Gasteiger partial charge in [0.15, 0.2) is 0 Å². The molecule has 0 saturated carbocycles. The first kappa shape index (κ1) is 19.9. The van der Waals surface area contributed by atoms with Crippen LogP contribution >= 0.6 is 46.8 Å². The van der Waals surface area contributed by atoms with Gasteiger partial charge in [0.25, 0.3) is 0 Å². The van der Waals surface area contributed by atoms with Gasteiger partial charge in [0, 0.05) is 45.3 Å². The lowest BCUT2D eigenvalue weighted by molar-refractivity contribution is 0.365. The number of piperazine rings is 1. The van der Waals surface area contributed by atoms with E-state index in [0.717, 1.165) is 39.6 Å². The third kappa shape index (κ3) is 4.79. The number of halogens is 3. The molecule has 1 atom stereocenters. The maximum absolute atomic E-state index is 6.15. The summed E-state index contributed by atoms with van der Waals surface area (Å²) in [6.45, 7) is 2.76. The predicted molar refractivity (Wildman–Crippen MR) is 122 cm³/mol. The molecule has 0 aliphatic carbocycles. The highest BCUT2D eigenvalue weighted by Gasteiger charge is 2.29. The predicted octanol–water partition coefficient (Wildman–Crippen LogP) is 7.22. The van der Waals surface area contributed by atoms with Crippen LogP contribution in [-0.4, -0.2) is 23.9 Å². The number of hydrogen-bond donors (Lipinski definition) is 0. The van der Waals surface area contributed by atoms with Crippen LogP contribution in [0.25, 0.3) is 0 Å². The van der Waals surface area contributed by atoms with Crippen LogP contribution in [0.15, 0.2) is 77.7 Å². The van der Waals surface area contributed by atoms with E-state index in [4.69, 9.17) is 34.8 Å². The molecular weight excluding hydrogens is 431 g/mol. The normalized spacial score (nSPS) is 17.7. The highest BCUT2D eigenvalue weighted by atomic mass is 35.5. The largest absolute Gasteiger partial charge is 0.362 e. The zero-order chi connectivity index (χ0) is 19.5. The summed E-state index contributed by atoms with van der Waals surface area (Å²) in [4.78, 5) is 3.59. The van der Waals surface area contributed by atoms with Gasteiger partial charge in [-0.15, -0.1) is 0 Å². The first-order valence-corrected chi connectivity index (χ1v) is 11.0. The maximum Gasteiger partial charge on any atom is 0.0679 e. The van der Waals surface area contributed by atoms with Gasteiger partial charge in [-0.2, -0.15) is 0 Å². The zero-order valence-electron chi connectivity index (χ0n) is 15.1. The van der Waals surface area contributed by atoms with E-state index in [1.807, 2.05) is 42.5 Å².